The number of hydrogen-bond acceptors (Lipinski definition) is 10. The quantitative estimate of drug-likeness (QED) is 0.301. The molecule has 1 aliphatic heterocycles. The standard InChI is InChI=1S/C33H48N2O8/c1-7-35-15-30(16-43-28(36)18-10-8-9-11-21(18)34)13-12-22(39-3)31-20-14-19-24(40-4)17(2)32(37,23(20)25(19)41-5)33(38,29(31)35)27(42-6)26(30)31/h8-11,17,19-20,22-27,29,37-38H,7,12-16,34H2,1-6H3/t17-,19+,20+,22-,23+,24-,25-,26+,27-,29-,30-,31-,32+,33+/m0/s1. The Balaban J connectivity index is 1.43. The molecule has 14 atom stereocenters. The van der Waals surface area contributed by atoms with Gasteiger partial charge in [-0.15, -0.1) is 0 Å². The first-order valence-corrected chi connectivity index (χ1v) is 15.9. The first kappa shape index (κ1) is 29.9. The lowest BCUT2D eigenvalue weighted by molar-refractivity contribution is -0.335. The van der Waals surface area contributed by atoms with E-state index in [9.17, 15) is 15.0 Å². The van der Waals surface area contributed by atoms with Crippen molar-refractivity contribution in [2.24, 2.45) is 40.4 Å². The van der Waals surface area contributed by atoms with E-state index in [1.807, 2.05) is 6.92 Å². The number of benzene rings is 1. The fraction of sp³-hybridized carbons (Fsp3) is 0.788. The second kappa shape index (κ2) is 9.85. The van der Waals surface area contributed by atoms with Gasteiger partial charge in [0.1, 0.15) is 11.2 Å². The van der Waals surface area contributed by atoms with Gasteiger partial charge in [-0.05, 0) is 43.9 Å². The maximum Gasteiger partial charge on any atom is 0.340 e. The van der Waals surface area contributed by atoms with Gasteiger partial charge in [-0.1, -0.05) is 26.0 Å². The maximum atomic E-state index is 13.5. The van der Waals surface area contributed by atoms with Gasteiger partial charge in [0.15, 0.2) is 0 Å². The van der Waals surface area contributed by atoms with E-state index in [2.05, 4.69) is 11.8 Å². The molecule has 1 saturated heterocycles. The zero-order valence-electron chi connectivity index (χ0n) is 26.2. The van der Waals surface area contributed by atoms with Crippen LogP contribution in [0.5, 0.6) is 0 Å². The first-order valence-electron chi connectivity index (χ1n) is 15.9. The number of nitrogens with two attached hydrogens (primary N) is 1. The van der Waals surface area contributed by atoms with Crippen LogP contribution in [0, 0.1) is 40.4 Å². The van der Waals surface area contributed by atoms with Crippen LogP contribution in [-0.4, -0.2) is 111 Å². The summed E-state index contributed by atoms with van der Waals surface area (Å²) >= 11 is 0. The van der Waals surface area contributed by atoms with E-state index in [-0.39, 0.29) is 54.5 Å². The number of ether oxygens (including phenoxy) is 5. The second-order valence-electron chi connectivity index (χ2n) is 14.3. The van der Waals surface area contributed by atoms with Crippen molar-refractivity contribution >= 4 is 11.7 Å². The molecule has 1 aromatic rings. The van der Waals surface area contributed by atoms with Crippen LogP contribution in [0.25, 0.3) is 0 Å². The molecule has 5 saturated carbocycles. The summed E-state index contributed by atoms with van der Waals surface area (Å²) in [6, 6.07) is 6.54. The zero-order valence-corrected chi connectivity index (χ0v) is 26.2. The predicted octanol–water partition coefficient (Wildman–Crippen LogP) is 1.96. The molecule has 6 aliphatic rings. The van der Waals surface area contributed by atoms with Gasteiger partial charge in [-0.25, -0.2) is 4.79 Å². The minimum absolute atomic E-state index is 0.0232. The molecule has 7 bridgehead atoms. The minimum Gasteiger partial charge on any atom is -0.461 e. The molecule has 6 fully saturated rings. The van der Waals surface area contributed by atoms with Crippen LogP contribution in [0.3, 0.4) is 0 Å². The number of para-hydroxylation sites is 1. The van der Waals surface area contributed by atoms with E-state index in [0.717, 1.165) is 19.3 Å². The number of fused-ring (bicyclic) bond motifs is 2. The summed E-state index contributed by atoms with van der Waals surface area (Å²) in [4.78, 5) is 15.8. The lowest BCUT2D eigenvalue weighted by Crippen LogP contribution is -2.83. The molecule has 7 rings (SSSR count). The van der Waals surface area contributed by atoms with Crippen molar-refractivity contribution in [3.63, 3.8) is 0 Å². The smallest absolute Gasteiger partial charge is 0.340 e. The van der Waals surface area contributed by atoms with Crippen LogP contribution in [0.4, 0.5) is 5.69 Å². The molecular formula is C33H48N2O8. The number of hydrogen-bond donors (Lipinski definition) is 3. The number of nitrogen functional groups attached to an aromatic ring is 1. The number of carbonyl (C=O) groups excluding carboxylic acids is 1. The van der Waals surface area contributed by atoms with Gasteiger partial charge in [0.25, 0.3) is 0 Å². The normalized spacial score (nSPS) is 51.0. The van der Waals surface area contributed by atoms with Crippen LogP contribution in [0.2, 0.25) is 0 Å². The van der Waals surface area contributed by atoms with Crippen molar-refractivity contribution < 1.29 is 38.7 Å². The predicted molar refractivity (Wildman–Crippen MR) is 157 cm³/mol. The number of carbonyl (C=O) groups is 1. The van der Waals surface area contributed by atoms with Crippen LogP contribution in [0.1, 0.15) is 43.5 Å². The molecule has 0 unspecified atom stereocenters. The van der Waals surface area contributed by atoms with Crippen molar-refractivity contribution in [1.29, 1.82) is 0 Å². The van der Waals surface area contributed by atoms with Gasteiger partial charge >= 0.3 is 5.97 Å². The summed E-state index contributed by atoms with van der Waals surface area (Å²) in [7, 11) is 6.82. The average Bonchev–Trinajstić information content (AvgIpc) is 3.43. The van der Waals surface area contributed by atoms with E-state index in [1.54, 1.807) is 52.7 Å². The van der Waals surface area contributed by atoms with Crippen molar-refractivity contribution in [3.8, 4) is 0 Å². The van der Waals surface area contributed by atoms with E-state index < -0.39 is 40.1 Å². The Labute approximate surface area is 254 Å². The van der Waals surface area contributed by atoms with Gasteiger partial charge in [-0.3, -0.25) is 4.90 Å². The fourth-order valence-corrected chi connectivity index (χ4v) is 12.5. The van der Waals surface area contributed by atoms with Gasteiger partial charge in [0.05, 0.1) is 42.6 Å². The number of esters is 1. The topological polar surface area (TPSA) is 133 Å². The lowest BCUT2D eigenvalue weighted by Gasteiger charge is -2.70. The lowest BCUT2D eigenvalue weighted by atomic mass is 9.42. The molecule has 1 spiro atoms. The third kappa shape index (κ3) is 3.21. The number of methoxy groups -OCH3 is 4. The molecule has 0 radical (unpaired) electrons. The molecule has 0 aromatic heterocycles. The molecular weight excluding hydrogens is 552 g/mol. The first-order chi connectivity index (χ1) is 20.6. The van der Waals surface area contributed by atoms with Gasteiger partial charge in [-0.2, -0.15) is 0 Å². The number of rotatable bonds is 8. The third-order valence-electron chi connectivity index (χ3n) is 13.5. The minimum atomic E-state index is -1.65. The van der Waals surface area contributed by atoms with Gasteiger partial charge < -0.3 is 39.6 Å². The number of piperidine rings is 1. The van der Waals surface area contributed by atoms with Crippen LogP contribution < -0.4 is 5.73 Å². The Hall–Kier alpha value is -1.79. The summed E-state index contributed by atoms with van der Waals surface area (Å²) in [5.74, 6) is -1.33. The maximum absolute atomic E-state index is 13.5. The third-order valence-corrected chi connectivity index (χ3v) is 13.5. The number of likely N-dealkylation sites (N-methyl/N-ethyl adjacent to an activating group) is 1. The van der Waals surface area contributed by atoms with Crippen molar-refractivity contribution in [1.82, 2.24) is 4.90 Å². The number of likely N-dealkylation sites (tertiary alicyclic amines) is 1. The molecule has 0 amide bonds. The average molecular weight is 601 g/mol. The number of aliphatic hydroxyl groups is 2. The van der Waals surface area contributed by atoms with Gasteiger partial charge in [0, 0.05) is 75.2 Å². The highest BCUT2D eigenvalue weighted by atomic mass is 16.5. The van der Waals surface area contributed by atoms with Crippen molar-refractivity contribution in [3.05, 3.63) is 29.8 Å². The highest BCUT2D eigenvalue weighted by Gasteiger charge is 2.92. The Morgan fingerprint density at radius 3 is 2.40 bits per heavy atom. The Morgan fingerprint density at radius 1 is 1.05 bits per heavy atom. The number of anilines is 1. The summed E-state index contributed by atoms with van der Waals surface area (Å²) < 4.78 is 31.4. The Morgan fingerprint density at radius 2 is 1.77 bits per heavy atom. The van der Waals surface area contributed by atoms with Crippen LogP contribution >= 0.6 is 0 Å². The summed E-state index contributed by atoms with van der Waals surface area (Å²) in [6.07, 6.45) is 0.816. The molecule has 10 nitrogen and oxygen atoms in total. The van der Waals surface area contributed by atoms with Crippen molar-refractivity contribution in [2.45, 2.75) is 74.8 Å². The van der Waals surface area contributed by atoms with Crippen LogP contribution in [0.15, 0.2) is 24.3 Å². The number of nitrogens with zero attached hydrogens (tertiary/aromatic N) is 1. The van der Waals surface area contributed by atoms with Crippen molar-refractivity contribution in [2.75, 3.05) is 53.9 Å². The Bertz CT molecular complexity index is 1280. The summed E-state index contributed by atoms with van der Waals surface area (Å²) in [5, 5.41) is 26.8. The molecule has 43 heavy (non-hydrogen) atoms. The monoisotopic (exact) mass is 600 g/mol. The molecule has 238 valence electrons. The fourth-order valence-electron chi connectivity index (χ4n) is 12.5. The Kier molecular flexibility index (Phi) is 6.85. The molecule has 10 heteroatoms. The van der Waals surface area contributed by atoms with E-state index in [1.165, 1.54) is 0 Å². The molecule has 4 N–H and O–H groups in total. The van der Waals surface area contributed by atoms with E-state index in [4.69, 9.17) is 29.4 Å². The second-order valence-corrected chi connectivity index (χ2v) is 14.3. The van der Waals surface area contributed by atoms with E-state index in [0.29, 0.717) is 24.3 Å². The van der Waals surface area contributed by atoms with Crippen LogP contribution in [-0.2, 0) is 23.7 Å². The van der Waals surface area contributed by atoms with Gasteiger partial charge in [0.2, 0.25) is 0 Å². The van der Waals surface area contributed by atoms with E-state index >= 15 is 0 Å². The largest absolute Gasteiger partial charge is 0.461 e. The molecule has 1 heterocycles. The summed E-state index contributed by atoms with van der Waals surface area (Å²) in [6.45, 7) is 5.55. The molecule has 5 aliphatic carbocycles. The SMILES string of the molecule is CCN1C[C@]2(COC(=O)c3ccccc3N)CC[C@H](OC)[C@@]34[C@@H]5C[C@@H]6[C@@H](OC)[C@H](C)[C@@](O)([C@H]5[C@H]6OC)[C@@](O)([C@@H](OC)[C@H]23)[C@@H]14. The highest BCUT2D eigenvalue weighted by molar-refractivity contribution is 5.95. The zero-order chi connectivity index (χ0) is 30.7. The molecule has 1 aromatic carbocycles. The summed E-state index contributed by atoms with van der Waals surface area (Å²) in [5.41, 5.74) is 2.56. The highest BCUT2D eigenvalue weighted by Crippen LogP contribution is 2.81.